The number of esters is 1. The van der Waals surface area contributed by atoms with E-state index < -0.39 is 5.60 Å². The molecule has 2 rings (SSSR count). The van der Waals surface area contributed by atoms with Crippen LogP contribution < -0.4 is 4.90 Å². The van der Waals surface area contributed by atoms with Gasteiger partial charge in [-0.25, -0.2) is 4.79 Å². The van der Waals surface area contributed by atoms with Gasteiger partial charge in [-0.3, -0.25) is 0 Å². The molecule has 0 unspecified atom stereocenters. The summed E-state index contributed by atoms with van der Waals surface area (Å²) >= 11 is 0. The molecule has 0 aliphatic carbocycles. The number of ether oxygens (including phenoxy) is 1. The van der Waals surface area contributed by atoms with Gasteiger partial charge in [0.05, 0.1) is 6.20 Å². The van der Waals surface area contributed by atoms with Crippen LogP contribution in [0.2, 0.25) is 0 Å². The van der Waals surface area contributed by atoms with E-state index in [1.807, 2.05) is 20.8 Å². The van der Waals surface area contributed by atoms with Gasteiger partial charge < -0.3 is 9.64 Å². The number of anilines is 1. The van der Waals surface area contributed by atoms with E-state index in [1.54, 1.807) is 6.20 Å². The van der Waals surface area contributed by atoms with Crippen molar-refractivity contribution in [2.24, 2.45) is 0 Å². The zero-order valence-electron chi connectivity index (χ0n) is 10.5. The van der Waals surface area contributed by atoms with E-state index in [0.717, 1.165) is 18.9 Å². The number of aromatic nitrogens is 3. The second-order valence-corrected chi connectivity index (χ2v) is 5.16. The molecule has 1 aromatic heterocycles. The van der Waals surface area contributed by atoms with Gasteiger partial charge in [0.1, 0.15) is 5.60 Å². The zero-order chi connectivity index (χ0) is 12.5. The first-order valence-electron chi connectivity index (χ1n) is 5.81. The summed E-state index contributed by atoms with van der Waals surface area (Å²) in [5, 5.41) is 8.29. The van der Waals surface area contributed by atoms with Crippen molar-refractivity contribution in [3.05, 3.63) is 6.20 Å². The Morgan fingerprint density at radius 2 is 2.18 bits per heavy atom. The molecule has 0 saturated carbocycles. The highest BCUT2D eigenvalue weighted by atomic mass is 16.6. The smallest absolute Gasteiger partial charge is 0.330 e. The molecule has 1 saturated heterocycles. The van der Waals surface area contributed by atoms with Gasteiger partial charge in [0.15, 0.2) is 12.4 Å². The van der Waals surface area contributed by atoms with Crippen molar-refractivity contribution in [1.29, 1.82) is 0 Å². The van der Waals surface area contributed by atoms with Gasteiger partial charge in [-0.1, -0.05) is 0 Å². The fourth-order valence-corrected chi connectivity index (χ4v) is 1.54. The van der Waals surface area contributed by atoms with Gasteiger partial charge >= 0.3 is 5.97 Å². The molecule has 1 fully saturated rings. The van der Waals surface area contributed by atoms with Crippen LogP contribution in [0.5, 0.6) is 0 Å². The third-order valence-corrected chi connectivity index (χ3v) is 2.39. The summed E-state index contributed by atoms with van der Waals surface area (Å²) in [4.78, 5) is 15.1. The van der Waals surface area contributed by atoms with Crippen molar-refractivity contribution in [2.75, 3.05) is 18.0 Å². The summed E-state index contributed by atoms with van der Waals surface area (Å²) in [5.41, 5.74) is -0.468. The van der Waals surface area contributed by atoms with Gasteiger partial charge in [0, 0.05) is 13.1 Å². The third kappa shape index (κ3) is 3.18. The lowest BCUT2D eigenvalue weighted by atomic mass is 10.2. The molecule has 6 heteroatoms. The second kappa shape index (κ2) is 4.35. The zero-order valence-corrected chi connectivity index (χ0v) is 10.5. The van der Waals surface area contributed by atoms with Gasteiger partial charge in [-0.05, 0) is 27.2 Å². The largest absolute Gasteiger partial charge is 0.459 e. The monoisotopic (exact) mass is 238 g/mol. The number of carbonyl (C=O) groups excluding carboxylic acids is 1. The van der Waals surface area contributed by atoms with Crippen LogP contribution in [0.3, 0.4) is 0 Å². The molecule has 0 amide bonds. The molecule has 0 spiro atoms. The maximum absolute atomic E-state index is 11.6. The van der Waals surface area contributed by atoms with Crippen LogP contribution in [0.15, 0.2) is 6.20 Å². The van der Waals surface area contributed by atoms with Gasteiger partial charge in [0.25, 0.3) is 0 Å². The van der Waals surface area contributed by atoms with Gasteiger partial charge in [0.2, 0.25) is 0 Å². The number of hydrogen-bond donors (Lipinski definition) is 0. The minimum Gasteiger partial charge on any atom is -0.459 e. The average molecular weight is 238 g/mol. The Labute approximate surface area is 101 Å². The van der Waals surface area contributed by atoms with E-state index in [2.05, 4.69) is 15.1 Å². The van der Waals surface area contributed by atoms with Crippen LogP contribution in [0.25, 0.3) is 0 Å². The Balaban J connectivity index is 1.90. The number of nitrogens with zero attached hydrogens (tertiary/aromatic N) is 4. The number of rotatable bonds is 3. The molecule has 1 aromatic rings. The summed E-state index contributed by atoms with van der Waals surface area (Å²) in [6.45, 7) is 7.62. The van der Waals surface area contributed by atoms with Crippen LogP contribution in [0.4, 0.5) is 5.82 Å². The highest BCUT2D eigenvalue weighted by molar-refractivity contribution is 5.69. The van der Waals surface area contributed by atoms with Crippen molar-refractivity contribution < 1.29 is 9.53 Å². The van der Waals surface area contributed by atoms with Gasteiger partial charge in [-0.15, -0.1) is 5.10 Å². The van der Waals surface area contributed by atoms with Gasteiger partial charge in [-0.2, -0.15) is 9.90 Å². The van der Waals surface area contributed by atoms with E-state index >= 15 is 0 Å². The minimum absolute atomic E-state index is 0.0606. The standard InChI is InChI=1S/C11H18N4O2/c1-11(2,3)17-10(16)8-15-12-7-9(13-15)14-5-4-6-14/h7H,4-6,8H2,1-3H3. The predicted molar refractivity (Wildman–Crippen MR) is 62.7 cm³/mol. The lowest BCUT2D eigenvalue weighted by Crippen LogP contribution is -2.37. The van der Waals surface area contributed by atoms with Crippen LogP contribution in [0.1, 0.15) is 27.2 Å². The van der Waals surface area contributed by atoms with E-state index in [0.29, 0.717) is 0 Å². The molecule has 0 atom stereocenters. The topological polar surface area (TPSA) is 60.3 Å². The maximum atomic E-state index is 11.6. The van der Waals surface area contributed by atoms with Crippen LogP contribution in [0, 0.1) is 0 Å². The van der Waals surface area contributed by atoms with Crippen molar-refractivity contribution in [2.45, 2.75) is 39.3 Å². The molecular weight excluding hydrogens is 220 g/mol. The molecule has 0 radical (unpaired) electrons. The Bertz CT molecular complexity index is 404. The van der Waals surface area contributed by atoms with Crippen molar-refractivity contribution in [1.82, 2.24) is 15.0 Å². The van der Waals surface area contributed by atoms with E-state index in [9.17, 15) is 4.79 Å². The second-order valence-electron chi connectivity index (χ2n) is 5.16. The SMILES string of the molecule is CC(C)(C)OC(=O)Cn1ncc(N2CCC2)n1. The summed E-state index contributed by atoms with van der Waals surface area (Å²) in [7, 11) is 0. The molecule has 2 heterocycles. The number of carbonyl (C=O) groups is 1. The summed E-state index contributed by atoms with van der Waals surface area (Å²) < 4.78 is 5.20. The molecule has 0 bridgehead atoms. The maximum Gasteiger partial charge on any atom is 0.330 e. The fourth-order valence-electron chi connectivity index (χ4n) is 1.54. The summed E-state index contributed by atoms with van der Waals surface area (Å²) in [6.07, 6.45) is 2.88. The van der Waals surface area contributed by atoms with Crippen molar-refractivity contribution >= 4 is 11.8 Å². The normalized spacial score (nSPS) is 15.6. The number of hydrogen-bond acceptors (Lipinski definition) is 5. The molecule has 0 aromatic carbocycles. The van der Waals surface area contributed by atoms with Crippen molar-refractivity contribution in [3.8, 4) is 0 Å². The average Bonchev–Trinajstić information content (AvgIpc) is 2.45. The van der Waals surface area contributed by atoms with E-state index in [-0.39, 0.29) is 12.5 Å². The molecular formula is C11H18N4O2. The highest BCUT2D eigenvalue weighted by Gasteiger charge is 2.20. The summed E-state index contributed by atoms with van der Waals surface area (Å²) in [6, 6.07) is 0. The van der Waals surface area contributed by atoms with E-state index in [1.165, 1.54) is 11.2 Å². The van der Waals surface area contributed by atoms with Crippen LogP contribution in [-0.2, 0) is 16.1 Å². The Morgan fingerprint density at radius 3 is 2.71 bits per heavy atom. The minimum atomic E-state index is -0.468. The molecule has 0 N–H and O–H groups in total. The molecule has 1 aliphatic heterocycles. The first-order valence-corrected chi connectivity index (χ1v) is 5.81. The third-order valence-electron chi connectivity index (χ3n) is 2.39. The highest BCUT2D eigenvalue weighted by Crippen LogP contribution is 2.16. The predicted octanol–water partition coefficient (Wildman–Crippen LogP) is 0.830. The first kappa shape index (κ1) is 11.9. The summed E-state index contributed by atoms with van der Waals surface area (Å²) in [5.74, 6) is 0.517. The molecule has 17 heavy (non-hydrogen) atoms. The Kier molecular flexibility index (Phi) is 3.04. The lowest BCUT2D eigenvalue weighted by Gasteiger charge is -2.30. The van der Waals surface area contributed by atoms with Crippen molar-refractivity contribution in [3.63, 3.8) is 0 Å². The Hall–Kier alpha value is -1.59. The lowest BCUT2D eigenvalue weighted by molar-refractivity contribution is -0.156. The van der Waals surface area contributed by atoms with Crippen LogP contribution in [-0.4, -0.2) is 39.7 Å². The molecule has 6 nitrogen and oxygen atoms in total. The quantitative estimate of drug-likeness (QED) is 0.730. The Morgan fingerprint density at radius 1 is 1.47 bits per heavy atom. The first-order chi connectivity index (χ1) is 7.94. The molecule has 94 valence electrons. The fraction of sp³-hybridized carbons (Fsp3) is 0.727. The van der Waals surface area contributed by atoms with Crippen LogP contribution >= 0.6 is 0 Å². The molecule has 1 aliphatic rings. The van der Waals surface area contributed by atoms with E-state index in [4.69, 9.17) is 4.74 Å².